The van der Waals surface area contributed by atoms with Gasteiger partial charge in [0.25, 0.3) is 0 Å². The lowest BCUT2D eigenvalue weighted by molar-refractivity contribution is -0.120. The second kappa shape index (κ2) is 6.95. The second-order valence-corrected chi connectivity index (χ2v) is 7.58. The minimum Gasteiger partial charge on any atom is -0.467 e. The summed E-state index contributed by atoms with van der Waals surface area (Å²) in [5.41, 5.74) is 3.18. The molecule has 4 aromatic rings. The van der Waals surface area contributed by atoms with Crippen LogP contribution in [0.15, 0.2) is 48.6 Å². The molecule has 6 heteroatoms. The molecule has 1 N–H and O–H groups in total. The van der Waals surface area contributed by atoms with Crippen molar-refractivity contribution in [1.29, 1.82) is 0 Å². The Hall–Kier alpha value is -3.28. The van der Waals surface area contributed by atoms with Crippen molar-refractivity contribution in [3.05, 3.63) is 69.2 Å². The predicted octanol–water partition coefficient (Wildman–Crippen LogP) is 4.18. The van der Waals surface area contributed by atoms with Gasteiger partial charge in [-0.15, -0.1) is 0 Å². The Bertz CT molecular complexity index is 1280. The number of benzene rings is 1. The van der Waals surface area contributed by atoms with Gasteiger partial charge in [0.2, 0.25) is 5.91 Å². The summed E-state index contributed by atoms with van der Waals surface area (Å²) < 4.78 is 16.8. The molecule has 1 aliphatic carbocycles. The Balaban J connectivity index is 1.51. The molecule has 0 bridgehead atoms. The Morgan fingerprint density at radius 1 is 1.10 bits per heavy atom. The number of carbonyl (C=O) groups is 1. The van der Waals surface area contributed by atoms with Gasteiger partial charge in [0.05, 0.1) is 24.8 Å². The fourth-order valence-corrected chi connectivity index (χ4v) is 4.17. The molecule has 29 heavy (non-hydrogen) atoms. The van der Waals surface area contributed by atoms with Crippen LogP contribution in [0.25, 0.3) is 21.9 Å². The number of nitrogens with one attached hydrogen (secondary N) is 1. The number of rotatable bonds is 4. The van der Waals surface area contributed by atoms with Gasteiger partial charge in [-0.05, 0) is 49.9 Å². The molecule has 6 nitrogen and oxygen atoms in total. The van der Waals surface area contributed by atoms with E-state index in [2.05, 4.69) is 5.32 Å². The van der Waals surface area contributed by atoms with Gasteiger partial charge in [0.1, 0.15) is 22.7 Å². The molecule has 0 spiro atoms. The first-order valence-corrected chi connectivity index (χ1v) is 9.90. The lowest BCUT2D eigenvalue weighted by Gasteiger charge is -2.10. The van der Waals surface area contributed by atoms with Gasteiger partial charge in [-0.2, -0.15) is 0 Å². The molecule has 1 amide bonds. The highest BCUT2D eigenvalue weighted by molar-refractivity contribution is 5.97. The van der Waals surface area contributed by atoms with Crippen molar-refractivity contribution in [3.8, 4) is 0 Å². The summed E-state index contributed by atoms with van der Waals surface area (Å²) in [7, 11) is 0. The fraction of sp³-hybridized carbons (Fsp3) is 0.304. The molecular weight excluding hydrogens is 370 g/mol. The van der Waals surface area contributed by atoms with Crippen LogP contribution in [0.2, 0.25) is 0 Å². The third-order valence-corrected chi connectivity index (χ3v) is 5.74. The molecule has 0 unspecified atom stereocenters. The van der Waals surface area contributed by atoms with E-state index in [4.69, 9.17) is 13.3 Å². The van der Waals surface area contributed by atoms with Gasteiger partial charge in [0, 0.05) is 28.8 Å². The monoisotopic (exact) mass is 391 g/mol. The second-order valence-electron chi connectivity index (χ2n) is 7.58. The largest absolute Gasteiger partial charge is 0.467 e. The van der Waals surface area contributed by atoms with Gasteiger partial charge >= 0.3 is 5.63 Å². The molecule has 0 saturated carbocycles. The van der Waals surface area contributed by atoms with E-state index in [1.165, 1.54) is 5.56 Å². The number of carbonyl (C=O) groups excluding carboxylic acids is 1. The molecule has 0 aliphatic heterocycles. The topological polar surface area (TPSA) is 85.6 Å². The lowest BCUT2D eigenvalue weighted by Crippen LogP contribution is -2.27. The highest BCUT2D eigenvalue weighted by Crippen LogP contribution is 2.35. The summed E-state index contributed by atoms with van der Waals surface area (Å²) in [6, 6.07) is 7.39. The van der Waals surface area contributed by atoms with E-state index in [0.29, 0.717) is 16.9 Å². The van der Waals surface area contributed by atoms with Gasteiger partial charge in [-0.3, -0.25) is 4.79 Å². The summed E-state index contributed by atoms with van der Waals surface area (Å²) in [6.07, 6.45) is 5.77. The lowest BCUT2D eigenvalue weighted by atomic mass is 9.94. The summed E-state index contributed by atoms with van der Waals surface area (Å²) >= 11 is 0. The van der Waals surface area contributed by atoms with Crippen molar-refractivity contribution < 1.29 is 18.0 Å². The molecule has 0 saturated heterocycles. The minimum absolute atomic E-state index is 0.0354. The molecule has 0 atom stereocenters. The maximum absolute atomic E-state index is 12.6. The fourth-order valence-electron chi connectivity index (χ4n) is 4.17. The van der Waals surface area contributed by atoms with E-state index < -0.39 is 5.63 Å². The highest BCUT2D eigenvalue weighted by Gasteiger charge is 2.21. The van der Waals surface area contributed by atoms with Gasteiger partial charge < -0.3 is 18.6 Å². The molecule has 148 valence electrons. The number of hydrogen-bond donors (Lipinski definition) is 1. The molecule has 5 rings (SSSR count). The first-order valence-electron chi connectivity index (χ1n) is 9.90. The first kappa shape index (κ1) is 17.8. The van der Waals surface area contributed by atoms with Crippen LogP contribution in [0.4, 0.5) is 0 Å². The van der Waals surface area contributed by atoms with Crippen LogP contribution < -0.4 is 10.9 Å². The van der Waals surface area contributed by atoms with Crippen LogP contribution in [-0.4, -0.2) is 5.91 Å². The Labute approximate surface area is 166 Å². The van der Waals surface area contributed by atoms with E-state index in [-0.39, 0.29) is 18.9 Å². The molecule has 1 aliphatic rings. The Morgan fingerprint density at radius 2 is 1.93 bits per heavy atom. The van der Waals surface area contributed by atoms with Crippen molar-refractivity contribution in [2.24, 2.45) is 0 Å². The van der Waals surface area contributed by atoms with E-state index >= 15 is 0 Å². The van der Waals surface area contributed by atoms with E-state index in [1.54, 1.807) is 24.5 Å². The van der Waals surface area contributed by atoms with E-state index in [9.17, 15) is 9.59 Å². The maximum Gasteiger partial charge on any atom is 0.340 e. The average molecular weight is 391 g/mol. The molecule has 0 fully saturated rings. The zero-order valence-corrected chi connectivity index (χ0v) is 16.2. The van der Waals surface area contributed by atoms with Crippen molar-refractivity contribution in [2.75, 3.05) is 0 Å². The predicted molar refractivity (Wildman–Crippen MR) is 108 cm³/mol. The number of aryl methyl sites for hydroxylation is 3. The Kier molecular flexibility index (Phi) is 4.27. The highest BCUT2D eigenvalue weighted by atomic mass is 16.4. The minimum atomic E-state index is -0.487. The van der Waals surface area contributed by atoms with Crippen LogP contribution >= 0.6 is 0 Å². The summed E-state index contributed by atoms with van der Waals surface area (Å²) in [5.74, 6) is 1.45. The van der Waals surface area contributed by atoms with Crippen LogP contribution in [0.5, 0.6) is 0 Å². The number of amides is 1. The molecule has 0 radical (unpaired) electrons. The van der Waals surface area contributed by atoms with Crippen molar-refractivity contribution in [1.82, 2.24) is 5.32 Å². The zero-order valence-electron chi connectivity index (χ0n) is 16.2. The zero-order chi connectivity index (χ0) is 20.0. The van der Waals surface area contributed by atoms with Crippen LogP contribution in [0.3, 0.4) is 0 Å². The number of furan rings is 2. The van der Waals surface area contributed by atoms with Crippen LogP contribution in [0, 0.1) is 6.92 Å². The van der Waals surface area contributed by atoms with E-state index in [0.717, 1.165) is 53.4 Å². The maximum atomic E-state index is 12.6. The van der Waals surface area contributed by atoms with Gasteiger partial charge in [-0.25, -0.2) is 4.79 Å². The molecule has 3 heterocycles. The van der Waals surface area contributed by atoms with Gasteiger partial charge in [0.15, 0.2) is 0 Å². The summed E-state index contributed by atoms with van der Waals surface area (Å²) in [5, 5.41) is 4.70. The number of hydrogen-bond acceptors (Lipinski definition) is 5. The summed E-state index contributed by atoms with van der Waals surface area (Å²) in [6.45, 7) is 2.15. The molecule has 3 aromatic heterocycles. The van der Waals surface area contributed by atoms with Crippen molar-refractivity contribution in [3.63, 3.8) is 0 Å². The smallest absolute Gasteiger partial charge is 0.340 e. The standard InChI is InChI=1S/C23H21NO5/c1-13-16-9-18-15-6-2-3-7-19(15)28-21(18)11-20(16)29-23(26)17(13)10-22(25)24-12-14-5-4-8-27-14/h4-5,8-9,11H,2-3,6-7,10,12H2,1H3,(H,24,25). The summed E-state index contributed by atoms with van der Waals surface area (Å²) in [4.78, 5) is 24.9. The SMILES string of the molecule is Cc1c(CC(=O)NCc2ccco2)c(=O)oc2cc3oc4c(c3cc12)CCCC4. The first-order chi connectivity index (χ1) is 14.1. The third kappa shape index (κ3) is 3.14. The molecular formula is C23H21NO5. The van der Waals surface area contributed by atoms with Gasteiger partial charge in [-0.1, -0.05) is 0 Å². The quantitative estimate of drug-likeness (QED) is 0.528. The number of fused-ring (bicyclic) bond motifs is 4. The van der Waals surface area contributed by atoms with Crippen LogP contribution in [0.1, 0.15) is 41.1 Å². The average Bonchev–Trinajstić information content (AvgIpc) is 3.35. The van der Waals surface area contributed by atoms with Crippen molar-refractivity contribution in [2.45, 2.75) is 45.6 Å². The van der Waals surface area contributed by atoms with Crippen molar-refractivity contribution >= 4 is 27.8 Å². The van der Waals surface area contributed by atoms with Crippen LogP contribution in [-0.2, 0) is 30.6 Å². The Morgan fingerprint density at radius 3 is 2.76 bits per heavy atom. The molecule has 1 aromatic carbocycles. The third-order valence-electron chi connectivity index (χ3n) is 5.74. The van der Waals surface area contributed by atoms with E-state index in [1.807, 2.05) is 13.0 Å². The normalized spacial score (nSPS) is 13.7.